The van der Waals surface area contributed by atoms with E-state index in [1.807, 2.05) is 42.5 Å². The van der Waals surface area contributed by atoms with Gasteiger partial charge in [-0.25, -0.2) is 0 Å². The second-order valence-electron chi connectivity index (χ2n) is 5.20. The Morgan fingerprint density at radius 1 is 1.23 bits per heavy atom. The smallest absolute Gasteiger partial charge is 0.255 e. The molecule has 1 heterocycles. The normalized spacial score (nSPS) is 10.5. The van der Waals surface area contributed by atoms with Crippen LogP contribution in [0.5, 0.6) is 5.75 Å². The molecule has 0 saturated heterocycles. The molecule has 0 aliphatic rings. The first-order valence-corrected chi connectivity index (χ1v) is 10.2. The molecule has 3 aromatic rings. The molecule has 134 valence electrons. The molecule has 0 saturated carbocycles. The molecule has 26 heavy (non-hydrogen) atoms. The van der Waals surface area contributed by atoms with Gasteiger partial charge in [-0.15, -0.1) is 10.2 Å². The van der Waals surface area contributed by atoms with Crippen molar-refractivity contribution in [3.8, 4) is 5.75 Å². The number of rotatable bonds is 8. The Morgan fingerprint density at radius 3 is 2.88 bits per heavy atom. The molecule has 3 rings (SSSR count). The summed E-state index contributed by atoms with van der Waals surface area (Å²) in [5, 5.41) is 12.3. The Hall–Kier alpha value is -2.10. The molecule has 0 fully saturated rings. The van der Waals surface area contributed by atoms with Gasteiger partial charge in [-0.3, -0.25) is 4.79 Å². The fraction of sp³-hybridized carbons (Fsp3) is 0.118. The minimum Gasteiger partial charge on any atom is -0.484 e. The highest BCUT2D eigenvalue weighted by Crippen LogP contribution is 2.31. The van der Waals surface area contributed by atoms with Gasteiger partial charge in [-0.1, -0.05) is 57.2 Å². The number of nitrogens with one attached hydrogen (secondary N) is 1. The van der Waals surface area contributed by atoms with Crippen LogP contribution in [-0.4, -0.2) is 22.7 Å². The van der Waals surface area contributed by atoms with E-state index in [0.717, 1.165) is 30.9 Å². The fourth-order valence-corrected chi connectivity index (χ4v) is 4.15. The number of halogens is 1. The van der Waals surface area contributed by atoms with E-state index < -0.39 is 5.91 Å². The van der Waals surface area contributed by atoms with Crippen molar-refractivity contribution in [3.05, 3.63) is 58.6 Å². The summed E-state index contributed by atoms with van der Waals surface area (Å²) in [6.07, 6.45) is 0. The van der Waals surface area contributed by atoms with E-state index in [9.17, 15) is 4.79 Å². The summed E-state index contributed by atoms with van der Waals surface area (Å²) in [6.45, 7) is -0.127. The van der Waals surface area contributed by atoms with E-state index in [1.165, 1.54) is 11.3 Å². The first kappa shape index (κ1) is 18.7. The summed E-state index contributed by atoms with van der Waals surface area (Å²) in [7, 11) is 0. The average Bonchev–Trinajstić information content (AvgIpc) is 3.06. The average molecular weight is 451 g/mol. The van der Waals surface area contributed by atoms with Crippen LogP contribution in [0.15, 0.2) is 57.3 Å². The number of thioether (sulfide) groups is 1. The van der Waals surface area contributed by atoms with Crippen molar-refractivity contribution in [2.24, 2.45) is 5.73 Å². The number of benzene rings is 2. The Balaban J connectivity index is 1.56. The highest BCUT2D eigenvalue weighted by molar-refractivity contribution is 9.10. The summed E-state index contributed by atoms with van der Waals surface area (Å²) >= 11 is 6.53. The summed E-state index contributed by atoms with van der Waals surface area (Å²) in [5.74, 6) is 0.847. The molecular weight excluding hydrogens is 436 g/mol. The number of anilines is 2. The van der Waals surface area contributed by atoms with Crippen molar-refractivity contribution < 1.29 is 9.53 Å². The fourth-order valence-electron chi connectivity index (χ4n) is 2.03. The maximum absolute atomic E-state index is 10.8. The van der Waals surface area contributed by atoms with Gasteiger partial charge in [-0.2, -0.15) is 0 Å². The molecule has 6 nitrogen and oxygen atoms in total. The van der Waals surface area contributed by atoms with Gasteiger partial charge in [0, 0.05) is 15.9 Å². The number of aromatic nitrogens is 2. The largest absolute Gasteiger partial charge is 0.484 e. The second kappa shape index (κ2) is 9.02. The zero-order valence-electron chi connectivity index (χ0n) is 13.5. The lowest BCUT2D eigenvalue weighted by Crippen LogP contribution is -2.20. The van der Waals surface area contributed by atoms with Crippen molar-refractivity contribution in [3.63, 3.8) is 0 Å². The van der Waals surface area contributed by atoms with Crippen LogP contribution in [0.1, 0.15) is 5.56 Å². The standard InChI is InChI=1S/C17H15BrN4O2S2/c18-12-4-2-5-13(8-12)20-16-21-22-17(26-16)25-10-11-3-1-6-14(7-11)24-9-15(19)23/h1-8H,9-10H2,(H2,19,23)(H,20,21). The van der Waals surface area contributed by atoms with E-state index in [0.29, 0.717) is 5.75 Å². The quantitative estimate of drug-likeness (QED) is 0.499. The molecule has 1 aromatic heterocycles. The van der Waals surface area contributed by atoms with Crippen LogP contribution in [0.2, 0.25) is 0 Å². The summed E-state index contributed by atoms with van der Waals surface area (Å²) in [4.78, 5) is 10.8. The summed E-state index contributed by atoms with van der Waals surface area (Å²) in [5.41, 5.74) is 7.10. The third-order valence-electron chi connectivity index (χ3n) is 3.12. The number of carbonyl (C=O) groups excluding carboxylic acids is 1. The lowest BCUT2D eigenvalue weighted by Gasteiger charge is -2.05. The first-order chi connectivity index (χ1) is 12.6. The van der Waals surface area contributed by atoms with Crippen molar-refractivity contribution in [2.45, 2.75) is 10.1 Å². The molecule has 2 aromatic carbocycles. The van der Waals surface area contributed by atoms with E-state index >= 15 is 0 Å². The molecule has 0 atom stereocenters. The minimum absolute atomic E-state index is 0.127. The zero-order valence-corrected chi connectivity index (χ0v) is 16.7. The van der Waals surface area contributed by atoms with Crippen LogP contribution in [0, 0.1) is 0 Å². The lowest BCUT2D eigenvalue weighted by atomic mass is 10.2. The molecule has 9 heteroatoms. The predicted molar refractivity (Wildman–Crippen MR) is 108 cm³/mol. The van der Waals surface area contributed by atoms with Gasteiger partial charge in [0.05, 0.1) is 0 Å². The number of hydrogen-bond acceptors (Lipinski definition) is 7. The monoisotopic (exact) mass is 450 g/mol. The summed E-state index contributed by atoms with van der Waals surface area (Å²) < 4.78 is 7.18. The van der Waals surface area contributed by atoms with E-state index in [1.54, 1.807) is 17.8 Å². The minimum atomic E-state index is -0.496. The number of nitrogens with zero attached hydrogens (tertiary/aromatic N) is 2. The number of carbonyl (C=O) groups is 1. The zero-order chi connectivity index (χ0) is 18.4. The Kier molecular flexibility index (Phi) is 6.48. The van der Waals surface area contributed by atoms with Gasteiger partial charge < -0.3 is 15.8 Å². The highest BCUT2D eigenvalue weighted by Gasteiger charge is 2.07. The molecule has 0 radical (unpaired) electrons. The van der Waals surface area contributed by atoms with Crippen LogP contribution >= 0.6 is 39.0 Å². The maximum atomic E-state index is 10.8. The number of nitrogens with two attached hydrogens (primary N) is 1. The number of ether oxygens (including phenoxy) is 1. The van der Waals surface area contributed by atoms with Gasteiger partial charge in [0.15, 0.2) is 10.9 Å². The SMILES string of the molecule is NC(=O)COc1cccc(CSc2nnc(Nc3cccc(Br)c3)s2)c1. The molecule has 0 aliphatic carbocycles. The summed E-state index contributed by atoms with van der Waals surface area (Å²) in [6, 6.07) is 15.4. The van der Waals surface area contributed by atoms with Crippen LogP contribution in [0.4, 0.5) is 10.8 Å². The van der Waals surface area contributed by atoms with Gasteiger partial charge in [0.25, 0.3) is 5.91 Å². The van der Waals surface area contributed by atoms with Crippen molar-refractivity contribution in [1.29, 1.82) is 0 Å². The highest BCUT2D eigenvalue weighted by atomic mass is 79.9. The van der Waals surface area contributed by atoms with Crippen LogP contribution in [0.3, 0.4) is 0 Å². The Bertz CT molecular complexity index is 904. The van der Waals surface area contributed by atoms with E-state index in [4.69, 9.17) is 10.5 Å². The molecule has 3 N–H and O–H groups in total. The van der Waals surface area contributed by atoms with Crippen LogP contribution in [-0.2, 0) is 10.5 Å². The van der Waals surface area contributed by atoms with Crippen LogP contribution in [0.25, 0.3) is 0 Å². The molecular formula is C17H15BrN4O2S2. The molecule has 1 amide bonds. The number of primary amides is 1. The number of hydrogen-bond donors (Lipinski definition) is 2. The first-order valence-electron chi connectivity index (χ1n) is 7.57. The predicted octanol–water partition coefficient (Wildman–Crippen LogP) is 4.20. The molecule has 0 spiro atoms. The lowest BCUT2D eigenvalue weighted by molar-refractivity contribution is -0.119. The van der Waals surface area contributed by atoms with Gasteiger partial charge in [-0.05, 0) is 35.9 Å². The van der Waals surface area contributed by atoms with Crippen molar-refractivity contribution in [1.82, 2.24) is 10.2 Å². The van der Waals surface area contributed by atoms with Crippen LogP contribution < -0.4 is 15.8 Å². The topological polar surface area (TPSA) is 90.1 Å². The van der Waals surface area contributed by atoms with Gasteiger partial charge in [0.1, 0.15) is 5.75 Å². The molecule has 0 bridgehead atoms. The second-order valence-corrected chi connectivity index (χ2v) is 8.32. The third-order valence-corrected chi connectivity index (χ3v) is 5.66. The van der Waals surface area contributed by atoms with Gasteiger partial charge >= 0.3 is 0 Å². The van der Waals surface area contributed by atoms with Crippen molar-refractivity contribution >= 4 is 55.8 Å². The third kappa shape index (κ3) is 5.72. The Labute approximate surface area is 167 Å². The Morgan fingerprint density at radius 2 is 2.08 bits per heavy atom. The van der Waals surface area contributed by atoms with Crippen molar-refractivity contribution in [2.75, 3.05) is 11.9 Å². The van der Waals surface area contributed by atoms with E-state index in [2.05, 4.69) is 31.4 Å². The molecule has 0 unspecified atom stereocenters. The van der Waals surface area contributed by atoms with Gasteiger partial charge in [0.2, 0.25) is 5.13 Å². The number of amides is 1. The maximum Gasteiger partial charge on any atom is 0.255 e. The van der Waals surface area contributed by atoms with E-state index in [-0.39, 0.29) is 6.61 Å². The molecule has 0 aliphatic heterocycles.